The molecule has 0 rings (SSSR count). The van der Waals surface area contributed by atoms with Crippen LogP contribution in [0.3, 0.4) is 0 Å². The SMILES string of the molecule is CCOCCCOC(=O)CCN(C)CCOCC. The van der Waals surface area contributed by atoms with E-state index in [9.17, 15) is 4.79 Å². The second-order valence-electron chi connectivity index (χ2n) is 4.02. The molecule has 0 aromatic heterocycles. The molecule has 0 spiro atoms. The van der Waals surface area contributed by atoms with Crippen molar-refractivity contribution >= 4 is 5.97 Å². The molecule has 0 unspecified atom stereocenters. The van der Waals surface area contributed by atoms with Gasteiger partial charge in [0.15, 0.2) is 0 Å². The van der Waals surface area contributed by atoms with E-state index in [1.165, 1.54) is 0 Å². The Balaban J connectivity index is 3.34. The van der Waals surface area contributed by atoms with Gasteiger partial charge in [0.2, 0.25) is 0 Å². The molecule has 0 saturated carbocycles. The van der Waals surface area contributed by atoms with Crippen molar-refractivity contribution in [2.45, 2.75) is 26.7 Å². The van der Waals surface area contributed by atoms with Crippen LogP contribution in [0, 0.1) is 0 Å². The van der Waals surface area contributed by atoms with Crippen LogP contribution in [-0.4, -0.2) is 64.0 Å². The number of hydrogen-bond donors (Lipinski definition) is 0. The van der Waals surface area contributed by atoms with E-state index < -0.39 is 0 Å². The Labute approximate surface area is 110 Å². The highest BCUT2D eigenvalue weighted by Crippen LogP contribution is 1.93. The normalized spacial score (nSPS) is 10.9. The Bertz CT molecular complexity index is 199. The summed E-state index contributed by atoms with van der Waals surface area (Å²) >= 11 is 0. The summed E-state index contributed by atoms with van der Waals surface area (Å²) in [6.45, 7) is 8.71. The molecule has 0 heterocycles. The third kappa shape index (κ3) is 11.8. The first-order valence-electron chi connectivity index (χ1n) is 6.70. The van der Waals surface area contributed by atoms with Crippen LogP contribution >= 0.6 is 0 Å². The highest BCUT2D eigenvalue weighted by molar-refractivity contribution is 5.69. The van der Waals surface area contributed by atoms with Crippen LogP contribution < -0.4 is 0 Å². The second-order valence-corrected chi connectivity index (χ2v) is 4.02. The number of esters is 1. The van der Waals surface area contributed by atoms with Crippen LogP contribution in [0.4, 0.5) is 0 Å². The Morgan fingerprint density at radius 2 is 1.67 bits per heavy atom. The van der Waals surface area contributed by atoms with E-state index in [-0.39, 0.29) is 5.97 Å². The van der Waals surface area contributed by atoms with E-state index in [1.54, 1.807) is 0 Å². The molecule has 108 valence electrons. The summed E-state index contributed by atoms with van der Waals surface area (Å²) in [5.41, 5.74) is 0. The lowest BCUT2D eigenvalue weighted by Gasteiger charge is -2.15. The average Bonchev–Trinajstić information content (AvgIpc) is 2.36. The minimum Gasteiger partial charge on any atom is -0.466 e. The average molecular weight is 261 g/mol. The van der Waals surface area contributed by atoms with E-state index >= 15 is 0 Å². The van der Waals surface area contributed by atoms with Crippen LogP contribution in [-0.2, 0) is 19.0 Å². The zero-order valence-electron chi connectivity index (χ0n) is 11.9. The summed E-state index contributed by atoms with van der Waals surface area (Å²) in [7, 11) is 1.97. The van der Waals surface area contributed by atoms with E-state index in [0.29, 0.717) is 39.4 Å². The number of nitrogens with zero attached hydrogens (tertiary/aromatic N) is 1. The fraction of sp³-hybridized carbons (Fsp3) is 0.923. The molecule has 0 radical (unpaired) electrons. The van der Waals surface area contributed by atoms with Gasteiger partial charge in [-0.2, -0.15) is 0 Å². The molecular formula is C13H27NO4. The molecule has 0 aromatic rings. The maximum Gasteiger partial charge on any atom is 0.307 e. The van der Waals surface area contributed by atoms with Gasteiger partial charge in [-0.05, 0) is 20.9 Å². The highest BCUT2D eigenvalue weighted by Gasteiger charge is 2.05. The molecule has 0 aromatic carbocycles. The van der Waals surface area contributed by atoms with Crippen LogP contribution in [0.5, 0.6) is 0 Å². The standard InChI is InChI=1S/C13H27NO4/c1-4-16-10-6-11-18-13(15)7-8-14(3)9-12-17-5-2/h4-12H2,1-3H3. The number of hydrogen-bond acceptors (Lipinski definition) is 5. The van der Waals surface area contributed by atoms with Crippen LogP contribution in [0.25, 0.3) is 0 Å². The summed E-state index contributed by atoms with van der Waals surface area (Å²) in [6, 6.07) is 0. The summed E-state index contributed by atoms with van der Waals surface area (Å²) < 4.78 is 15.5. The van der Waals surface area contributed by atoms with Gasteiger partial charge >= 0.3 is 5.97 Å². The Hall–Kier alpha value is -0.650. The van der Waals surface area contributed by atoms with Gasteiger partial charge in [0, 0.05) is 39.3 Å². The van der Waals surface area contributed by atoms with Crippen molar-refractivity contribution in [3.63, 3.8) is 0 Å². The van der Waals surface area contributed by atoms with Crippen LogP contribution in [0.1, 0.15) is 26.7 Å². The highest BCUT2D eigenvalue weighted by atomic mass is 16.5. The first-order valence-corrected chi connectivity index (χ1v) is 6.70. The monoisotopic (exact) mass is 261 g/mol. The minimum absolute atomic E-state index is 0.144. The van der Waals surface area contributed by atoms with Crippen molar-refractivity contribution in [3.05, 3.63) is 0 Å². The molecule has 0 bridgehead atoms. The molecular weight excluding hydrogens is 234 g/mol. The molecule has 0 N–H and O–H groups in total. The summed E-state index contributed by atoms with van der Waals surface area (Å²) in [6.07, 6.45) is 1.19. The molecule has 0 aliphatic rings. The Kier molecular flexibility index (Phi) is 12.3. The third-order valence-corrected chi connectivity index (χ3v) is 2.42. The van der Waals surface area contributed by atoms with Gasteiger partial charge in [-0.1, -0.05) is 0 Å². The topological polar surface area (TPSA) is 48.0 Å². The molecule has 0 aliphatic carbocycles. The predicted molar refractivity (Wildman–Crippen MR) is 70.7 cm³/mol. The molecule has 0 fully saturated rings. The molecule has 0 aliphatic heterocycles. The Morgan fingerprint density at radius 3 is 2.33 bits per heavy atom. The zero-order valence-corrected chi connectivity index (χ0v) is 11.9. The molecule has 0 saturated heterocycles. The smallest absolute Gasteiger partial charge is 0.307 e. The Morgan fingerprint density at radius 1 is 1.00 bits per heavy atom. The number of likely N-dealkylation sites (N-methyl/N-ethyl adjacent to an activating group) is 1. The van der Waals surface area contributed by atoms with Gasteiger partial charge in [-0.3, -0.25) is 4.79 Å². The van der Waals surface area contributed by atoms with Gasteiger partial charge in [0.1, 0.15) is 0 Å². The van der Waals surface area contributed by atoms with Crippen molar-refractivity contribution in [2.75, 3.05) is 53.2 Å². The van der Waals surface area contributed by atoms with Gasteiger partial charge in [0.05, 0.1) is 19.6 Å². The first kappa shape index (κ1) is 17.4. The van der Waals surface area contributed by atoms with Gasteiger partial charge in [-0.25, -0.2) is 0 Å². The largest absolute Gasteiger partial charge is 0.466 e. The number of carbonyl (C=O) groups is 1. The predicted octanol–water partition coefficient (Wildman–Crippen LogP) is 1.31. The molecule has 5 heteroatoms. The van der Waals surface area contributed by atoms with Crippen molar-refractivity contribution in [2.24, 2.45) is 0 Å². The lowest BCUT2D eigenvalue weighted by Crippen LogP contribution is -2.26. The van der Waals surface area contributed by atoms with E-state index in [0.717, 1.165) is 19.6 Å². The van der Waals surface area contributed by atoms with Gasteiger partial charge in [0.25, 0.3) is 0 Å². The maximum absolute atomic E-state index is 11.4. The minimum atomic E-state index is -0.144. The van der Waals surface area contributed by atoms with Crippen molar-refractivity contribution < 1.29 is 19.0 Å². The van der Waals surface area contributed by atoms with Crippen LogP contribution in [0.15, 0.2) is 0 Å². The quantitative estimate of drug-likeness (QED) is 0.391. The number of ether oxygens (including phenoxy) is 3. The van der Waals surface area contributed by atoms with E-state index in [2.05, 4.69) is 4.90 Å². The number of carbonyl (C=O) groups excluding carboxylic acids is 1. The van der Waals surface area contributed by atoms with Crippen molar-refractivity contribution in [1.82, 2.24) is 4.90 Å². The third-order valence-electron chi connectivity index (χ3n) is 2.42. The summed E-state index contributed by atoms with van der Waals surface area (Å²) in [5, 5.41) is 0. The fourth-order valence-electron chi connectivity index (χ4n) is 1.32. The lowest BCUT2D eigenvalue weighted by molar-refractivity contribution is -0.144. The molecule has 0 amide bonds. The lowest BCUT2D eigenvalue weighted by atomic mass is 10.4. The molecule has 0 atom stereocenters. The van der Waals surface area contributed by atoms with Crippen LogP contribution in [0.2, 0.25) is 0 Å². The van der Waals surface area contributed by atoms with Crippen molar-refractivity contribution in [3.8, 4) is 0 Å². The summed E-state index contributed by atoms with van der Waals surface area (Å²) in [4.78, 5) is 13.5. The summed E-state index contributed by atoms with van der Waals surface area (Å²) in [5.74, 6) is -0.144. The molecule has 18 heavy (non-hydrogen) atoms. The first-order chi connectivity index (χ1) is 8.70. The molecule has 5 nitrogen and oxygen atoms in total. The second kappa shape index (κ2) is 12.8. The van der Waals surface area contributed by atoms with Crippen molar-refractivity contribution in [1.29, 1.82) is 0 Å². The van der Waals surface area contributed by atoms with Gasteiger partial charge < -0.3 is 19.1 Å². The van der Waals surface area contributed by atoms with Gasteiger partial charge in [-0.15, -0.1) is 0 Å². The fourth-order valence-corrected chi connectivity index (χ4v) is 1.32. The number of rotatable bonds is 12. The zero-order chi connectivity index (χ0) is 13.6. The van der Waals surface area contributed by atoms with E-state index in [4.69, 9.17) is 14.2 Å². The van der Waals surface area contributed by atoms with E-state index in [1.807, 2.05) is 20.9 Å². The maximum atomic E-state index is 11.4.